The van der Waals surface area contributed by atoms with E-state index in [0.29, 0.717) is 12.2 Å². The number of hydrogen-bond donors (Lipinski definition) is 0. The molecule has 4 rings (SSSR count). The lowest BCUT2D eigenvalue weighted by molar-refractivity contribution is 0.407. The van der Waals surface area contributed by atoms with Crippen LogP contribution >= 0.6 is 0 Å². The number of epoxide rings is 2. The van der Waals surface area contributed by atoms with Gasteiger partial charge in [0.05, 0.1) is 25.4 Å². The lowest BCUT2D eigenvalue weighted by atomic mass is 10.1. The van der Waals surface area contributed by atoms with Gasteiger partial charge in [0.2, 0.25) is 16.6 Å². The van der Waals surface area contributed by atoms with E-state index in [0.717, 1.165) is 26.1 Å². The van der Waals surface area contributed by atoms with E-state index in [1.165, 1.54) is 21.5 Å². The summed E-state index contributed by atoms with van der Waals surface area (Å²) in [6, 6.07) is 18.0. The van der Waals surface area contributed by atoms with Crippen LogP contribution in [0.3, 0.4) is 0 Å². The molecule has 5 heteroatoms. The third-order valence-electron chi connectivity index (χ3n) is 5.49. The minimum atomic E-state index is -2.00. The Kier molecular flexibility index (Phi) is 5.16. The van der Waals surface area contributed by atoms with Crippen molar-refractivity contribution < 1.29 is 13.6 Å². The molecule has 144 valence electrons. The largest absolute Gasteiger partial charge is 0.449 e. The van der Waals surface area contributed by atoms with Gasteiger partial charge in [0.1, 0.15) is 0 Å². The molecule has 2 aliphatic rings. The van der Waals surface area contributed by atoms with Gasteiger partial charge in [-0.3, -0.25) is 0 Å². The molecule has 0 bridgehead atoms. The zero-order valence-electron chi connectivity index (χ0n) is 16.8. The van der Waals surface area contributed by atoms with Gasteiger partial charge in [-0.05, 0) is 47.7 Å². The third-order valence-corrected chi connectivity index (χ3v) is 13.0. The van der Waals surface area contributed by atoms with Crippen LogP contribution in [0.15, 0.2) is 48.5 Å². The van der Waals surface area contributed by atoms with Gasteiger partial charge in [-0.2, -0.15) is 0 Å². The van der Waals surface area contributed by atoms with Crippen molar-refractivity contribution in [2.24, 2.45) is 0 Å². The Morgan fingerprint density at radius 1 is 0.778 bits per heavy atom. The van der Waals surface area contributed by atoms with Gasteiger partial charge < -0.3 is 13.6 Å². The Morgan fingerprint density at radius 2 is 1.19 bits per heavy atom. The SMILES string of the molecule is C[Si](C)(O[Si](C)(C)c1cccc(CC2CO2)c1)c1cccc(CC2CO2)c1. The van der Waals surface area contributed by atoms with E-state index in [-0.39, 0.29) is 0 Å². The monoisotopic (exact) mass is 398 g/mol. The van der Waals surface area contributed by atoms with Crippen molar-refractivity contribution in [2.45, 2.75) is 51.2 Å². The Bertz CT molecular complexity index is 743. The van der Waals surface area contributed by atoms with Crippen LogP contribution in [-0.2, 0) is 26.4 Å². The Balaban J connectivity index is 1.51. The summed E-state index contributed by atoms with van der Waals surface area (Å²) in [6.45, 7) is 11.1. The highest BCUT2D eigenvalue weighted by Crippen LogP contribution is 2.20. The molecule has 2 fully saturated rings. The van der Waals surface area contributed by atoms with Crippen LogP contribution in [0.1, 0.15) is 11.1 Å². The van der Waals surface area contributed by atoms with Gasteiger partial charge in [0.15, 0.2) is 0 Å². The zero-order chi connectivity index (χ0) is 19.1. The predicted octanol–water partition coefficient (Wildman–Crippen LogP) is 3.11. The summed E-state index contributed by atoms with van der Waals surface area (Å²) in [6.07, 6.45) is 2.89. The first-order valence-electron chi connectivity index (χ1n) is 9.94. The molecule has 2 aromatic rings. The van der Waals surface area contributed by atoms with Crippen LogP contribution in [-0.4, -0.2) is 42.1 Å². The number of rotatable bonds is 8. The van der Waals surface area contributed by atoms with E-state index in [9.17, 15) is 0 Å². The molecular formula is C22H30O3Si2. The molecule has 0 saturated carbocycles. The molecule has 2 atom stereocenters. The quantitative estimate of drug-likeness (QED) is 0.506. The summed E-state index contributed by atoms with van der Waals surface area (Å²) in [7, 11) is -4.00. The lowest BCUT2D eigenvalue weighted by Gasteiger charge is -2.35. The smallest absolute Gasteiger partial charge is 0.206 e. The molecule has 2 aliphatic heterocycles. The summed E-state index contributed by atoms with van der Waals surface area (Å²) in [4.78, 5) is 0. The molecule has 2 heterocycles. The van der Waals surface area contributed by atoms with Gasteiger partial charge in [-0.25, -0.2) is 0 Å². The first-order valence-corrected chi connectivity index (χ1v) is 15.8. The van der Waals surface area contributed by atoms with Crippen molar-refractivity contribution in [2.75, 3.05) is 13.2 Å². The second-order valence-electron chi connectivity index (χ2n) is 8.84. The highest BCUT2D eigenvalue weighted by molar-refractivity contribution is 6.96. The second-order valence-corrected chi connectivity index (χ2v) is 16.9. The van der Waals surface area contributed by atoms with Crippen LogP contribution < -0.4 is 10.4 Å². The summed E-state index contributed by atoms with van der Waals surface area (Å²) < 4.78 is 17.8. The predicted molar refractivity (Wildman–Crippen MR) is 115 cm³/mol. The molecule has 2 saturated heterocycles. The summed E-state index contributed by atoms with van der Waals surface area (Å²) in [5.74, 6) is 0. The van der Waals surface area contributed by atoms with Gasteiger partial charge in [0, 0.05) is 12.8 Å². The Morgan fingerprint density at radius 3 is 1.56 bits per heavy atom. The summed E-state index contributed by atoms with van der Waals surface area (Å²) >= 11 is 0. The van der Waals surface area contributed by atoms with Gasteiger partial charge in [-0.15, -0.1) is 0 Å². The van der Waals surface area contributed by atoms with E-state index in [1.54, 1.807) is 0 Å². The maximum atomic E-state index is 6.96. The average Bonchev–Trinajstić information content (AvgIpc) is 3.52. The molecular weight excluding hydrogens is 368 g/mol. The topological polar surface area (TPSA) is 34.3 Å². The maximum Gasteiger partial charge on any atom is 0.206 e. The maximum absolute atomic E-state index is 6.96. The molecule has 0 aliphatic carbocycles. The van der Waals surface area contributed by atoms with Gasteiger partial charge in [-0.1, -0.05) is 48.5 Å². The highest BCUT2D eigenvalue weighted by atomic mass is 28.4. The number of hydrogen-bond acceptors (Lipinski definition) is 3. The van der Waals surface area contributed by atoms with Crippen molar-refractivity contribution in [1.82, 2.24) is 0 Å². The molecule has 0 radical (unpaired) electrons. The summed E-state index contributed by atoms with van der Waals surface area (Å²) in [5.41, 5.74) is 2.73. The van der Waals surface area contributed by atoms with Crippen molar-refractivity contribution in [3.05, 3.63) is 59.7 Å². The van der Waals surface area contributed by atoms with Crippen LogP contribution in [0.4, 0.5) is 0 Å². The molecule has 3 nitrogen and oxygen atoms in total. The fraction of sp³-hybridized carbons (Fsp3) is 0.455. The van der Waals surface area contributed by atoms with E-state index in [1.807, 2.05) is 0 Å². The Labute approximate surface area is 164 Å². The fourth-order valence-corrected chi connectivity index (χ4v) is 11.9. The molecule has 2 aromatic carbocycles. The van der Waals surface area contributed by atoms with Crippen molar-refractivity contribution in [3.8, 4) is 0 Å². The van der Waals surface area contributed by atoms with Crippen LogP contribution in [0.25, 0.3) is 0 Å². The number of ether oxygens (including phenoxy) is 2. The van der Waals surface area contributed by atoms with Crippen LogP contribution in [0, 0.1) is 0 Å². The molecule has 0 amide bonds. The standard InChI is InChI=1S/C22H30O3Si2/c1-26(2,21-9-5-7-17(13-21)11-19-15-23-19)25-27(3,4)22-10-6-8-18(14-22)12-20-16-24-20/h5-10,13-14,19-20H,11-12,15-16H2,1-4H3. The molecule has 0 spiro atoms. The first kappa shape index (κ1) is 19.1. The molecule has 0 N–H and O–H groups in total. The Hall–Kier alpha value is -1.25. The third kappa shape index (κ3) is 4.98. The molecule has 0 aromatic heterocycles. The van der Waals surface area contributed by atoms with Crippen molar-refractivity contribution >= 4 is 27.0 Å². The average molecular weight is 399 g/mol. The minimum absolute atomic E-state index is 0.426. The van der Waals surface area contributed by atoms with Gasteiger partial charge in [0.25, 0.3) is 0 Å². The highest BCUT2D eigenvalue weighted by Gasteiger charge is 2.36. The minimum Gasteiger partial charge on any atom is -0.449 e. The second kappa shape index (κ2) is 7.30. The van der Waals surface area contributed by atoms with Crippen LogP contribution in [0.2, 0.25) is 26.2 Å². The molecule has 27 heavy (non-hydrogen) atoms. The number of benzene rings is 2. The fourth-order valence-electron chi connectivity index (χ4n) is 3.80. The van der Waals surface area contributed by atoms with E-state index >= 15 is 0 Å². The van der Waals surface area contributed by atoms with Crippen molar-refractivity contribution in [1.29, 1.82) is 0 Å². The van der Waals surface area contributed by atoms with E-state index in [4.69, 9.17) is 13.6 Å². The zero-order valence-corrected chi connectivity index (χ0v) is 18.8. The normalized spacial score (nSPS) is 21.9. The van der Waals surface area contributed by atoms with Gasteiger partial charge >= 0.3 is 0 Å². The van der Waals surface area contributed by atoms with E-state index in [2.05, 4.69) is 74.7 Å². The van der Waals surface area contributed by atoms with Crippen LogP contribution in [0.5, 0.6) is 0 Å². The van der Waals surface area contributed by atoms with E-state index < -0.39 is 16.6 Å². The van der Waals surface area contributed by atoms with Crippen molar-refractivity contribution in [3.63, 3.8) is 0 Å². The molecule has 2 unspecified atom stereocenters. The lowest BCUT2D eigenvalue weighted by Crippen LogP contribution is -2.57. The summed E-state index contributed by atoms with van der Waals surface area (Å²) in [5, 5.41) is 2.76. The first-order chi connectivity index (χ1) is 12.8.